The van der Waals surface area contributed by atoms with Crippen molar-refractivity contribution < 1.29 is 4.79 Å². The number of rotatable bonds is 2. The third-order valence-electron chi connectivity index (χ3n) is 2.06. The van der Waals surface area contributed by atoms with Crippen molar-refractivity contribution in [3.05, 3.63) is 35.4 Å². The fraction of sp³-hybridized carbons (Fsp3) is 0.250. The molecular formula is C12H13NO. The van der Waals surface area contributed by atoms with Crippen LogP contribution in [0.25, 0.3) is 0 Å². The second kappa shape index (κ2) is 4.48. The van der Waals surface area contributed by atoms with Crippen LogP contribution in [0.2, 0.25) is 0 Å². The summed E-state index contributed by atoms with van der Waals surface area (Å²) in [5.74, 6) is 1.65. The maximum atomic E-state index is 10.9. The van der Waals surface area contributed by atoms with E-state index in [0.717, 1.165) is 5.56 Å². The lowest BCUT2D eigenvalue weighted by molar-refractivity contribution is -0.116. The van der Waals surface area contributed by atoms with Gasteiger partial charge in [0.05, 0.1) is 6.04 Å². The maximum absolute atomic E-state index is 10.9. The number of amides is 1. The molecular weight excluding hydrogens is 174 g/mol. The normalized spacial score (nSPS) is 11.5. The zero-order valence-electron chi connectivity index (χ0n) is 8.37. The van der Waals surface area contributed by atoms with E-state index in [-0.39, 0.29) is 11.9 Å². The number of benzene rings is 1. The molecule has 1 aromatic carbocycles. The molecule has 0 bridgehead atoms. The number of nitrogens with one attached hydrogen (secondary N) is 1. The maximum Gasteiger partial charge on any atom is 0.296 e. The number of terminal acetylenes is 1. The summed E-state index contributed by atoms with van der Waals surface area (Å²) in [6.45, 7) is 3.92. The number of hydrogen-bond donors (Lipinski definition) is 1. The summed E-state index contributed by atoms with van der Waals surface area (Å²) >= 11 is 0. The van der Waals surface area contributed by atoms with Crippen LogP contribution in [0, 0.1) is 19.3 Å². The summed E-state index contributed by atoms with van der Waals surface area (Å²) in [7, 11) is 0. The molecule has 0 saturated heterocycles. The first-order valence-corrected chi connectivity index (χ1v) is 4.47. The van der Waals surface area contributed by atoms with Gasteiger partial charge in [-0.15, -0.1) is 6.42 Å². The Kier molecular flexibility index (Phi) is 3.30. The molecule has 0 radical (unpaired) electrons. The number of carbonyl (C=O) groups excluding carboxylic acids is 1. The molecule has 0 spiro atoms. The molecule has 1 rings (SSSR count). The van der Waals surface area contributed by atoms with Crippen molar-refractivity contribution in [2.45, 2.75) is 19.9 Å². The summed E-state index contributed by atoms with van der Waals surface area (Å²) < 4.78 is 0. The lowest BCUT2D eigenvalue weighted by atomic mass is 10.1. The fourth-order valence-electron chi connectivity index (χ4n) is 1.18. The van der Waals surface area contributed by atoms with E-state index >= 15 is 0 Å². The van der Waals surface area contributed by atoms with Crippen LogP contribution in [0.1, 0.15) is 24.1 Å². The topological polar surface area (TPSA) is 29.1 Å². The molecule has 1 N–H and O–H groups in total. The molecule has 0 aliphatic carbocycles. The minimum absolute atomic E-state index is 0.0425. The molecule has 0 aliphatic heterocycles. The Labute approximate surface area is 84.3 Å². The van der Waals surface area contributed by atoms with E-state index in [1.54, 1.807) is 0 Å². The van der Waals surface area contributed by atoms with Crippen molar-refractivity contribution in [1.82, 2.24) is 5.32 Å². The van der Waals surface area contributed by atoms with Gasteiger partial charge in [-0.1, -0.05) is 29.8 Å². The number of aryl methyl sites for hydroxylation is 1. The quantitative estimate of drug-likeness (QED) is 0.703. The molecule has 0 aliphatic rings. The highest BCUT2D eigenvalue weighted by Gasteiger charge is 2.06. The molecule has 72 valence electrons. The molecule has 0 saturated carbocycles. The van der Waals surface area contributed by atoms with Gasteiger partial charge < -0.3 is 5.32 Å². The first kappa shape index (κ1) is 10.3. The minimum atomic E-state index is -0.377. The van der Waals surface area contributed by atoms with Gasteiger partial charge in [0.25, 0.3) is 5.91 Å². The molecule has 1 aromatic rings. The third-order valence-corrected chi connectivity index (χ3v) is 2.06. The first-order valence-electron chi connectivity index (χ1n) is 4.47. The van der Waals surface area contributed by atoms with Gasteiger partial charge >= 0.3 is 0 Å². The van der Waals surface area contributed by atoms with Crippen LogP contribution in [0.15, 0.2) is 24.3 Å². The average molecular weight is 187 g/mol. The standard InChI is InChI=1S/C12H13NO/c1-4-12(14)13-10(3)11-7-5-9(2)6-8-11/h1,5-8,10H,2-3H3,(H,13,14). The predicted octanol–water partition coefficient (Wildman–Crippen LogP) is 1.81. The highest BCUT2D eigenvalue weighted by molar-refractivity contribution is 5.93. The first-order chi connectivity index (χ1) is 6.63. The highest BCUT2D eigenvalue weighted by Crippen LogP contribution is 2.12. The van der Waals surface area contributed by atoms with E-state index in [1.807, 2.05) is 44.0 Å². The Bertz CT molecular complexity index is 359. The number of carbonyl (C=O) groups is 1. The summed E-state index contributed by atoms with van der Waals surface area (Å²) in [5, 5.41) is 2.69. The molecule has 1 unspecified atom stereocenters. The zero-order chi connectivity index (χ0) is 10.6. The van der Waals surface area contributed by atoms with E-state index < -0.39 is 0 Å². The predicted molar refractivity (Wildman–Crippen MR) is 56.6 cm³/mol. The molecule has 2 heteroatoms. The van der Waals surface area contributed by atoms with Crippen LogP contribution in [0.3, 0.4) is 0 Å². The minimum Gasteiger partial charge on any atom is -0.339 e. The van der Waals surface area contributed by atoms with Crippen LogP contribution in [-0.4, -0.2) is 5.91 Å². The Morgan fingerprint density at radius 2 is 2.00 bits per heavy atom. The van der Waals surface area contributed by atoms with E-state index in [4.69, 9.17) is 6.42 Å². The van der Waals surface area contributed by atoms with Gasteiger partial charge in [0.2, 0.25) is 0 Å². The van der Waals surface area contributed by atoms with Crippen LogP contribution in [0.5, 0.6) is 0 Å². The summed E-state index contributed by atoms with van der Waals surface area (Å²) in [4.78, 5) is 10.9. The smallest absolute Gasteiger partial charge is 0.296 e. The van der Waals surface area contributed by atoms with Gasteiger partial charge in [0.15, 0.2) is 0 Å². The summed E-state index contributed by atoms with van der Waals surface area (Å²) in [6.07, 6.45) is 4.96. The second-order valence-electron chi connectivity index (χ2n) is 3.25. The van der Waals surface area contributed by atoms with Crippen molar-refractivity contribution in [3.63, 3.8) is 0 Å². The Morgan fingerprint density at radius 3 is 2.50 bits per heavy atom. The van der Waals surface area contributed by atoms with Gasteiger partial charge in [-0.25, -0.2) is 0 Å². The van der Waals surface area contributed by atoms with Gasteiger partial charge in [-0.3, -0.25) is 4.79 Å². The highest BCUT2D eigenvalue weighted by atomic mass is 16.1. The summed E-state index contributed by atoms with van der Waals surface area (Å²) in [6, 6.07) is 7.94. The van der Waals surface area contributed by atoms with Gasteiger partial charge in [-0.05, 0) is 25.3 Å². The Hall–Kier alpha value is -1.75. The Morgan fingerprint density at radius 1 is 1.43 bits per heavy atom. The van der Waals surface area contributed by atoms with Gasteiger partial charge in [0.1, 0.15) is 0 Å². The van der Waals surface area contributed by atoms with E-state index in [2.05, 4.69) is 5.32 Å². The molecule has 0 aromatic heterocycles. The lowest BCUT2D eigenvalue weighted by Gasteiger charge is -2.12. The van der Waals surface area contributed by atoms with Crippen molar-refractivity contribution in [1.29, 1.82) is 0 Å². The van der Waals surface area contributed by atoms with Gasteiger partial charge in [-0.2, -0.15) is 0 Å². The number of hydrogen-bond acceptors (Lipinski definition) is 1. The molecule has 1 amide bonds. The van der Waals surface area contributed by atoms with Crippen LogP contribution < -0.4 is 5.32 Å². The Balaban J connectivity index is 2.71. The molecule has 14 heavy (non-hydrogen) atoms. The third kappa shape index (κ3) is 2.63. The monoisotopic (exact) mass is 187 g/mol. The van der Waals surface area contributed by atoms with Crippen molar-refractivity contribution in [2.24, 2.45) is 0 Å². The molecule has 0 heterocycles. The zero-order valence-corrected chi connectivity index (χ0v) is 8.37. The van der Waals surface area contributed by atoms with Crippen molar-refractivity contribution in [3.8, 4) is 12.3 Å². The second-order valence-corrected chi connectivity index (χ2v) is 3.25. The molecule has 0 fully saturated rings. The van der Waals surface area contributed by atoms with E-state index in [1.165, 1.54) is 5.56 Å². The van der Waals surface area contributed by atoms with Crippen molar-refractivity contribution in [2.75, 3.05) is 0 Å². The SMILES string of the molecule is C#CC(=O)NC(C)c1ccc(C)cc1. The van der Waals surface area contributed by atoms with E-state index in [0.29, 0.717) is 0 Å². The van der Waals surface area contributed by atoms with Crippen molar-refractivity contribution >= 4 is 5.91 Å². The molecule has 2 nitrogen and oxygen atoms in total. The van der Waals surface area contributed by atoms with Gasteiger partial charge in [0, 0.05) is 0 Å². The van der Waals surface area contributed by atoms with Crippen LogP contribution in [-0.2, 0) is 4.79 Å². The lowest BCUT2D eigenvalue weighted by Crippen LogP contribution is -2.24. The van der Waals surface area contributed by atoms with Crippen LogP contribution in [0.4, 0.5) is 0 Å². The fourth-order valence-corrected chi connectivity index (χ4v) is 1.18. The van der Waals surface area contributed by atoms with Crippen LogP contribution >= 0.6 is 0 Å². The van der Waals surface area contributed by atoms with E-state index in [9.17, 15) is 4.79 Å². The largest absolute Gasteiger partial charge is 0.339 e. The average Bonchev–Trinajstić information content (AvgIpc) is 2.18. The molecule has 1 atom stereocenters. The summed E-state index contributed by atoms with van der Waals surface area (Å²) in [5.41, 5.74) is 2.25.